The number of aromatic amines is 2. The second-order valence-corrected chi connectivity index (χ2v) is 6.84. The lowest BCUT2D eigenvalue weighted by atomic mass is 9.91. The molecular weight excluding hydrogens is 345 g/mol. The maximum Gasteiger partial charge on any atom is 0.256 e. The molecule has 0 amide bonds. The van der Waals surface area contributed by atoms with E-state index in [2.05, 4.69) is 9.97 Å². The van der Waals surface area contributed by atoms with E-state index < -0.39 is 0 Å². The first-order chi connectivity index (χ1) is 12.6. The van der Waals surface area contributed by atoms with Crippen molar-refractivity contribution in [2.45, 2.75) is 0 Å². The summed E-state index contributed by atoms with van der Waals surface area (Å²) < 4.78 is 0. The van der Waals surface area contributed by atoms with E-state index >= 15 is 0 Å². The number of imidazole rings is 1. The van der Waals surface area contributed by atoms with Gasteiger partial charge in [0.1, 0.15) is 13.7 Å². The van der Waals surface area contributed by atoms with E-state index in [4.69, 9.17) is 16.6 Å². The van der Waals surface area contributed by atoms with Crippen LogP contribution in [0.1, 0.15) is 0 Å². The van der Waals surface area contributed by atoms with Crippen LogP contribution in [-0.4, -0.2) is 22.8 Å². The van der Waals surface area contributed by atoms with E-state index in [9.17, 15) is 4.79 Å². The molecule has 2 N–H and O–H groups in total. The van der Waals surface area contributed by atoms with Crippen LogP contribution in [0.15, 0.2) is 59.5 Å². The third-order valence-electron chi connectivity index (χ3n) is 4.76. The van der Waals surface area contributed by atoms with Crippen molar-refractivity contribution in [2.75, 3.05) is 0 Å². The van der Waals surface area contributed by atoms with Crippen LogP contribution < -0.4 is 11.0 Å². The summed E-state index contributed by atoms with van der Waals surface area (Å²) in [5.41, 5.74) is 3.52. The normalized spacial score (nSPS) is 11.6. The summed E-state index contributed by atoms with van der Waals surface area (Å²) in [7, 11) is 2.02. The molecule has 0 unspecified atom stereocenters. The molecule has 5 aromatic rings. The highest BCUT2D eigenvalue weighted by molar-refractivity contribution is 6.35. The lowest BCUT2D eigenvalue weighted by Gasteiger charge is -2.06. The Bertz CT molecular complexity index is 1390. The molecule has 0 atom stereocenters. The summed E-state index contributed by atoms with van der Waals surface area (Å²) in [5, 5.41) is 4.02. The van der Waals surface area contributed by atoms with Gasteiger partial charge in [-0.3, -0.25) is 4.79 Å². The predicted molar refractivity (Wildman–Crippen MR) is 110 cm³/mol. The van der Waals surface area contributed by atoms with Gasteiger partial charge < -0.3 is 9.97 Å². The fraction of sp³-hybridized carbons (Fsp3) is 0. The number of pyridine rings is 1. The maximum atomic E-state index is 12.6. The SMILES string of the molecule is Bc1ccc2c(c1)c1c(=O)[nH]ccc1c1[nH]c(-c3ccccc3Cl)nc21. The van der Waals surface area contributed by atoms with Crippen LogP contribution in [-0.2, 0) is 0 Å². The average molecular weight is 358 g/mol. The quantitative estimate of drug-likeness (QED) is 0.358. The number of benzene rings is 3. The van der Waals surface area contributed by atoms with Crippen molar-refractivity contribution in [1.82, 2.24) is 15.0 Å². The molecule has 26 heavy (non-hydrogen) atoms. The zero-order valence-electron chi connectivity index (χ0n) is 13.9. The van der Waals surface area contributed by atoms with Gasteiger partial charge in [-0.25, -0.2) is 4.98 Å². The van der Waals surface area contributed by atoms with Crippen molar-refractivity contribution in [3.63, 3.8) is 0 Å². The number of H-pyrrole nitrogens is 2. The zero-order valence-corrected chi connectivity index (χ0v) is 14.7. The Hall–Kier alpha value is -3.05. The van der Waals surface area contributed by atoms with Crippen LogP contribution in [0.2, 0.25) is 5.02 Å². The molecule has 124 valence electrons. The van der Waals surface area contributed by atoms with Gasteiger partial charge in [0, 0.05) is 22.5 Å². The molecule has 0 bridgehead atoms. The second-order valence-electron chi connectivity index (χ2n) is 6.43. The number of halogens is 1. The molecular formula is C20H13BClN3O. The maximum absolute atomic E-state index is 12.6. The van der Waals surface area contributed by atoms with E-state index in [0.717, 1.165) is 38.2 Å². The first kappa shape index (κ1) is 15.2. The van der Waals surface area contributed by atoms with Gasteiger partial charge in [0.25, 0.3) is 5.56 Å². The number of fused-ring (bicyclic) bond motifs is 6. The minimum absolute atomic E-state index is 0.103. The van der Waals surface area contributed by atoms with Crippen molar-refractivity contribution < 1.29 is 0 Å². The highest BCUT2D eigenvalue weighted by Crippen LogP contribution is 2.34. The van der Waals surface area contributed by atoms with Gasteiger partial charge in [-0.1, -0.05) is 47.4 Å². The van der Waals surface area contributed by atoms with Crippen LogP contribution >= 0.6 is 11.6 Å². The van der Waals surface area contributed by atoms with Crippen LogP contribution in [0.5, 0.6) is 0 Å². The molecule has 3 aromatic carbocycles. The molecule has 0 radical (unpaired) electrons. The topological polar surface area (TPSA) is 61.5 Å². The zero-order chi connectivity index (χ0) is 17.8. The smallest absolute Gasteiger partial charge is 0.256 e. The number of nitrogens with zero attached hydrogens (tertiary/aromatic N) is 1. The fourth-order valence-electron chi connectivity index (χ4n) is 3.57. The predicted octanol–water partition coefficient (Wildman–Crippen LogP) is 3.14. The Morgan fingerprint density at radius 1 is 1.00 bits per heavy atom. The van der Waals surface area contributed by atoms with Crippen molar-refractivity contribution >= 4 is 57.5 Å². The van der Waals surface area contributed by atoms with Gasteiger partial charge in [-0.2, -0.15) is 0 Å². The van der Waals surface area contributed by atoms with E-state index in [0.29, 0.717) is 16.2 Å². The molecule has 0 fully saturated rings. The van der Waals surface area contributed by atoms with E-state index in [-0.39, 0.29) is 5.56 Å². The third-order valence-corrected chi connectivity index (χ3v) is 5.09. The highest BCUT2D eigenvalue weighted by atomic mass is 35.5. The largest absolute Gasteiger partial charge is 0.337 e. The highest BCUT2D eigenvalue weighted by Gasteiger charge is 2.16. The van der Waals surface area contributed by atoms with Gasteiger partial charge in [0.15, 0.2) is 0 Å². The number of hydrogen-bond acceptors (Lipinski definition) is 2. The van der Waals surface area contributed by atoms with E-state index in [1.54, 1.807) is 6.20 Å². The first-order valence-corrected chi connectivity index (χ1v) is 8.69. The first-order valence-electron chi connectivity index (χ1n) is 8.32. The van der Waals surface area contributed by atoms with Crippen molar-refractivity contribution in [3.8, 4) is 11.4 Å². The molecule has 0 spiro atoms. The Labute approximate surface area is 154 Å². The Morgan fingerprint density at radius 3 is 2.69 bits per heavy atom. The van der Waals surface area contributed by atoms with E-state index in [1.807, 2.05) is 56.4 Å². The number of aromatic nitrogens is 3. The van der Waals surface area contributed by atoms with E-state index in [1.165, 1.54) is 0 Å². The van der Waals surface area contributed by atoms with Crippen molar-refractivity contribution in [3.05, 3.63) is 70.1 Å². The molecule has 4 nitrogen and oxygen atoms in total. The van der Waals surface area contributed by atoms with Crippen LogP contribution in [0.3, 0.4) is 0 Å². The average Bonchev–Trinajstić information content (AvgIpc) is 3.07. The molecule has 2 heterocycles. The van der Waals surface area contributed by atoms with Crippen LogP contribution in [0, 0.1) is 0 Å². The Balaban J connectivity index is 2.02. The molecule has 0 aliphatic carbocycles. The van der Waals surface area contributed by atoms with Crippen molar-refractivity contribution in [1.29, 1.82) is 0 Å². The third kappa shape index (κ3) is 2.11. The van der Waals surface area contributed by atoms with Gasteiger partial charge >= 0.3 is 0 Å². The monoisotopic (exact) mass is 357 g/mol. The molecule has 5 rings (SSSR count). The summed E-state index contributed by atoms with van der Waals surface area (Å²) >= 11 is 6.35. The number of hydrogen-bond donors (Lipinski definition) is 2. The lowest BCUT2D eigenvalue weighted by Crippen LogP contribution is -2.07. The summed E-state index contributed by atoms with van der Waals surface area (Å²) in [6, 6.07) is 15.6. The van der Waals surface area contributed by atoms with Crippen LogP contribution in [0.4, 0.5) is 0 Å². The summed E-state index contributed by atoms with van der Waals surface area (Å²) in [6.07, 6.45) is 1.67. The minimum atomic E-state index is -0.103. The molecule has 0 aliphatic rings. The number of rotatable bonds is 1. The Morgan fingerprint density at radius 2 is 1.85 bits per heavy atom. The fourth-order valence-corrected chi connectivity index (χ4v) is 3.79. The standard InChI is InChI=1S/C20H13BClN3O/c21-10-5-6-11-14(9-10)16-13(7-8-23-20(16)26)18-17(11)24-19(25-18)12-3-1-2-4-15(12)22/h1-9H,21H2,(H,23,26)(H,24,25). The Kier molecular flexibility index (Phi) is 3.21. The van der Waals surface area contributed by atoms with Gasteiger partial charge in [0.2, 0.25) is 0 Å². The molecule has 0 saturated heterocycles. The summed E-state index contributed by atoms with van der Waals surface area (Å²) in [4.78, 5) is 23.6. The van der Waals surface area contributed by atoms with Gasteiger partial charge in [-0.05, 0) is 23.6 Å². The van der Waals surface area contributed by atoms with Crippen LogP contribution in [0.25, 0.3) is 44.0 Å². The molecule has 6 heteroatoms. The minimum Gasteiger partial charge on any atom is -0.337 e. The number of nitrogens with one attached hydrogen (secondary N) is 2. The molecule has 0 saturated carbocycles. The van der Waals surface area contributed by atoms with Gasteiger partial charge in [-0.15, -0.1) is 0 Å². The summed E-state index contributed by atoms with van der Waals surface area (Å²) in [6.45, 7) is 0. The molecule has 2 aromatic heterocycles. The van der Waals surface area contributed by atoms with Gasteiger partial charge in [0.05, 0.1) is 21.4 Å². The lowest BCUT2D eigenvalue weighted by molar-refractivity contribution is 1.28. The van der Waals surface area contributed by atoms with Crippen molar-refractivity contribution in [2.24, 2.45) is 0 Å². The second kappa shape index (κ2) is 5.48. The molecule has 0 aliphatic heterocycles. The summed E-state index contributed by atoms with van der Waals surface area (Å²) in [5.74, 6) is 0.695.